The number of fused-ring (bicyclic) bond motifs is 1. The van der Waals surface area contributed by atoms with Gasteiger partial charge in [-0.05, 0) is 28.5 Å². The van der Waals surface area contributed by atoms with Crippen molar-refractivity contribution in [3.05, 3.63) is 83.9 Å². The van der Waals surface area contributed by atoms with E-state index >= 15 is 0 Å². The largest absolute Gasteiger partial charge is 0.352 e. The fourth-order valence-electron chi connectivity index (χ4n) is 2.61. The van der Waals surface area contributed by atoms with E-state index in [-0.39, 0.29) is 18.2 Å². The first-order valence-electron chi connectivity index (χ1n) is 8.30. The van der Waals surface area contributed by atoms with E-state index in [0.717, 1.165) is 16.3 Å². The summed E-state index contributed by atoms with van der Waals surface area (Å²) in [5.74, 6) is -0.246. The third kappa shape index (κ3) is 4.67. The zero-order valence-corrected chi connectivity index (χ0v) is 13.9. The summed E-state index contributed by atoms with van der Waals surface area (Å²) in [4.78, 5) is 24.1. The van der Waals surface area contributed by atoms with Gasteiger partial charge in [-0.1, -0.05) is 60.7 Å². The van der Waals surface area contributed by atoms with E-state index in [2.05, 4.69) is 10.6 Å². The predicted octanol–water partition coefficient (Wildman–Crippen LogP) is 3.28. The fraction of sp³-hybridized carbons (Fsp3) is 0.143. The summed E-state index contributed by atoms with van der Waals surface area (Å²) >= 11 is 0. The van der Waals surface area contributed by atoms with Gasteiger partial charge in [0.15, 0.2) is 0 Å². The molecule has 3 aromatic carbocycles. The quantitative estimate of drug-likeness (QED) is 0.728. The smallest absolute Gasteiger partial charge is 0.251 e. The van der Waals surface area contributed by atoms with Gasteiger partial charge in [0.05, 0.1) is 0 Å². The average Bonchev–Trinajstić information content (AvgIpc) is 2.66. The van der Waals surface area contributed by atoms with Crippen LogP contribution in [0.2, 0.25) is 0 Å². The topological polar surface area (TPSA) is 58.2 Å². The van der Waals surface area contributed by atoms with E-state index in [1.807, 2.05) is 66.7 Å². The van der Waals surface area contributed by atoms with Gasteiger partial charge in [-0.2, -0.15) is 0 Å². The van der Waals surface area contributed by atoms with Gasteiger partial charge in [0, 0.05) is 25.1 Å². The molecule has 3 aromatic rings. The summed E-state index contributed by atoms with van der Waals surface area (Å²) in [5, 5.41) is 7.76. The number of benzene rings is 3. The Hall–Kier alpha value is -3.14. The molecule has 0 radical (unpaired) electrons. The summed E-state index contributed by atoms with van der Waals surface area (Å²) in [6.45, 7) is 0.810. The Bertz CT molecular complexity index is 875. The first kappa shape index (κ1) is 16.7. The minimum absolute atomic E-state index is 0.0809. The maximum atomic E-state index is 12.2. The van der Waals surface area contributed by atoms with Crippen molar-refractivity contribution < 1.29 is 9.59 Å². The van der Waals surface area contributed by atoms with E-state index in [1.54, 1.807) is 6.07 Å². The molecular formula is C21H20N2O2. The first-order valence-corrected chi connectivity index (χ1v) is 8.30. The van der Waals surface area contributed by atoms with Crippen LogP contribution in [-0.2, 0) is 11.3 Å². The number of carbonyl (C=O) groups is 2. The highest BCUT2D eigenvalue weighted by molar-refractivity contribution is 5.98. The van der Waals surface area contributed by atoms with Crippen LogP contribution in [0.25, 0.3) is 10.8 Å². The average molecular weight is 332 g/mol. The van der Waals surface area contributed by atoms with Crippen molar-refractivity contribution in [3.63, 3.8) is 0 Å². The maximum Gasteiger partial charge on any atom is 0.251 e. The SMILES string of the molecule is O=C(CCNC(=O)c1ccc2ccccc2c1)NCc1ccccc1. The van der Waals surface area contributed by atoms with Gasteiger partial charge in [0.1, 0.15) is 0 Å². The van der Waals surface area contributed by atoms with Crippen LogP contribution in [-0.4, -0.2) is 18.4 Å². The number of hydrogen-bond donors (Lipinski definition) is 2. The van der Waals surface area contributed by atoms with Gasteiger partial charge in [-0.3, -0.25) is 9.59 Å². The lowest BCUT2D eigenvalue weighted by atomic mass is 10.1. The zero-order chi connectivity index (χ0) is 17.5. The molecule has 0 aliphatic carbocycles. The molecule has 0 bridgehead atoms. The van der Waals surface area contributed by atoms with Crippen molar-refractivity contribution in [2.75, 3.05) is 6.54 Å². The van der Waals surface area contributed by atoms with E-state index in [9.17, 15) is 9.59 Å². The molecule has 0 atom stereocenters. The number of rotatable bonds is 6. The molecule has 0 unspecified atom stereocenters. The number of carbonyl (C=O) groups excluding carboxylic acids is 2. The lowest BCUT2D eigenvalue weighted by Gasteiger charge is -2.07. The predicted molar refractivity (Wildman–Crippen MR) is 99.2 cm³/mol. The third-order valence-electron chi connectivity index (χ3n) is 3.98. The van der Waals surface area contributed by atoms with Crippen molar-refractivity contribution in [2.24, 2.45) is 0 Å². The number of hydrogen-bond acceptors (Lipinski definition) is 2. The molecule has 2 N–H and O–H groups in total. The van der Waals surface area contributed by atoms with Gasteiger partial charge < -0.3 is 10.6 Å². The Morgan fingerprint density at radius 1 is 0.760 bits per heavy atom. The van der Waals surface area contributed by atoms with Crippen molar-refractivity contribution in [2.45, 2.75) is 13.0 Å². The summed E-state index contributed by atoms with van der Waals surface area (Å²) in [6, 6.07) is 23.2. The molecule has 0 spiro atoms. The van der Waals surface area contributed by atoms with Crippen molar-refractivity contribution in [3.8, 4) is 0 Å². The second kappa shape index (κ2) is 8.11. The summed E-state index contributed by atoms with van der Waals surface area (Å²) < 4.78 is 0. The highest BCUT2D eigenvalue weighted by atomic mass is 16.2. The normalized spacial score (nSPS) is 10.4. The lowest BCUT2D eigenvalue weighted by molar-refractivity contribution is -0.121. The molecule has 2 amide bonds. The Balaban J connectivity index is 1.46. The number of amides is 2. The lowest BCUT2D eigenvalue weighted by Crippen LogP contribution is -2.30. The van der Waals surface area contributed by atoms with E-state index in [0.29, 0.717) is 18.7 Å². The van der Waals surface area contributed by atoms with Crippen molar-refractivity contribution in [1.82, 2.24) is 10.6 Å². The Morgan fingerprint density at radius 3 is 2.28 bits per heavy atom. The summed E-state index contributed by atoms with van der Waals surface area (Å²) in [5.41, 5.74) is 1.65. The zero-order valence-electron chi connectivity index (χ0n) is 13.9. The molecule has 0 fully saturated rings. The molecule has 0 heterocycles. The van der Waals surface area contributed by atoms with Crippen LogP contribution in [0, 0.1) is 0 Å². The molecule has 0 saturated carbocycles. The van der Waals surface area contributed by atoms with Crippen LogP contribution in [0.1, 0.15) is 22.3 Å². The molecule has 0 aromatic heterocycles. The van der Waals surface area contributed by atoms with Crippen molar-refractivity contribution in [1.29, 1.82) is 0 Å². The molecule has 0 aliphatic heterocycles. The van der Waals surface area contributed by atoms with E-state index < -0.39 is 0 Å². The fourth-order valence-corrected chi connectivity index (χ4v) is 2.61. The second-order valence-corrected chi connectivity index (χ2v) is 5.83. The van der Waals surface area contributed by atoms with Crippen LogP contribution in [0.4, 0.5) is 0 Å². The van der Waals surface area contributed by atoms with Crippen LogP contribution < -0.4 is 10.6 Å². The molecule has 25 heavy (non-hydrogen) atoms. The Labute approximate surface area is 146 Å². The third-order valence-corrected chi connectivity index (χ3v) is 3.98. The molecule has 0 saturated heterocycles. The molecule has 0 aliphatic rings. The summed E-state index contributed by atoms with van der Waals surface area (Å²) in [6.07, 6.45) is 0.256. The van der Waals surface area contributed by atoms with Gasteiger partial charge in [-0.15, -0.1) is 0 Å². The molecular weight excluding hydrogens is 312 g/mol. The van der Waals surface area contributed by atoms with E-state index in [1.165, 1.54) is 0 Å². The monoisotopic (exact) mass is 332 g/mol. The van der Waals surface area contributed by atoms with Crippen LogP contribution in [0.5, 0.6) is 0 Å². The minimum Gasteiger partial charge on any atom is -0.352 e. The van der Waals surface area contributed by atoms with Gasteiger partial charge >= 0.3 is 0 Å². The minimum atomic E-state index is -0.165. The standard InChI is InChI=1S/C21H20N2O2/c24-20(23-15-16-6-2-1-3-7-16)12-13-22-21(25)19-11-10-17-8-4-5-9-18(17)14-19/h1-11,14H,12-13,15H2,(H,22,25)(H,23,24). The van der Waals surface area contributed by atoms with E-state index in [4.69, 9.17) is 0 Å². The summed E-state index contributed by atoms with van der Waals surface area (Å²) in [7, 11) is 0. The first-order chi connectivity index (χ1) is 12.2. The highest BCUT2D eigenvalue weighted by Crippen LogP contribution is 2.15. The van der Waals surface area contributed by atoms with Gasteiger partial charge in [-0.25, -0.2) is 0 Å². The van der Waals surface area contributed by atoms with Crippen LogP contribution in [0.3, 0.4) is 0 Å². The Morgan fingerprint density at radius 2 is 1.48 bits per heavy atom. The van der Waals surface area contributed by atoms with Gasteiger partial charge in [0.25, 0.3) is 5.91 Å². The molecule has 4 heteroatoms. The second-order valence-electron chi connectivity index (χ2n) is 5.83. The van der Waals surface area contributed by atoms with Gasteiger partial charge in [0.2, 0.25) is 5.91 Å². The van der Waals surface area contributed by atoms with Crippen LogP contribution in [0.15, 0.2) is 72.8 Å². The molecule has 3 rings (SSSR count). The van der Waals surface area contributed by atoms with Crippen molar-refractivity contribution >= 4 is 22.6 Å². The molecule has 126 valence electrons. The highest BCUT2D eigenvalue weighted by Gasteiger charge is 2.07. The maximum absolute atomic E-state index is 12.2. The Kier molecular flexibility index (Phi) is 5.42. The van der Waals surface area contributed by atoms with Crippen LogP contribution >= 0.6 is 0 Å². The molecule has 4 nitrogen and oxygen atoms in total. The number of nitrogens with one attached hydrogen (secondary N) is 2.